The molecular formula is C14H12N2OS. The highest BCUT2D eigenvalue weighted by molar-refractivity contribution is 7.07. The average molecular weight is 256 g/mol. The largest absolute Gasteiger partial charge is 0.301 e. The number of aromatic nitrogens is 1. The topological polar surface area (TPSA) is 45.8 Å². The lowest BCUT2D eigenvalue weighted by Gasteiger charge is -1.93. The Kier molecular flexibility index (Phi) is 3.45. The third kappa shape index (κ3) is 2.41. The standard InChI is InChI=1S/C14H12N2OS/c1-10-4-3-5-11(8-10)9-12-14(17)16(2)13(18-12)6-7-15/h3-6,8-9H,1-2H3/b12-9-,13-6-. The molecule has 0 aliphatic heterocycles. The summed E-state index contributed by atoms with van der Waals surface area (Å²) < 4.78 is 2.81. The van der Waals surface area contributed by atoms with Crippen LogP contribution in [0.3, 0.4) is 0 Å². The van der Waals surface area contributed by atoms with Gasteiger partial charge in [-0.05, 0) is 18.6 Å². The van der Waals surface area contributed by atoms with Crippen LogP contribution in [-0.4, -0.2) is 4.57 Å². The fraction of sp³-hybridized carbons (Fsp3) is 0.143. The van der Waals surface area contributed by atoms with E-state index in [1.165, 1.54) is 22.0 Å². The third-order valence-corrected chi connectivity index (χ3v) is 3.70. The van der Waals surface area contributed by atoms with Crippen molar-refractivity contribution in [1.82, 2.24) is 4.57 Å². The van der Waals surface area contributed by atoms with E-state index in [1.807, 2.05) is 43.3 Å². The molecule has 0 radical (unpaired) electrons. The summed E-state index contributed by atoms with van der Waals surface area (Å²) in [6.45, 7) is 2.01. The first-order valence-corrected chi connectivity index (χ1v) is 6.27. The van der Waals surface area contributed by atoms with Gasteiger partial charge in [-0.3, -0.25) is 4.79 Å². The van der Waals surface area contributed by atoms with E-state index >= 15 is 0 Å². The molecule has 0 amide bonds. The summed E-state index contributed by atoms with van der Waals surface area (Å²) in [4.78, 5) is 12.0. The molecule has 0 N–H and O–H groups in total. The van der Waals surface area contributed by atoms with Crippen LogP contribution >= 0.6 is 11.3 Å². The summed E-state index contributed by atoms with van der Waals surface area (Å²) in [5.41, 5.74) is 2.08. The monoisotopic (exact) mass is 256 g/mol. The molecule has 0 saturated carbocycles. The number of benzene rings is 1. The van der Waals surface area contributed by atoms with Crippen molar-refractivity contribution in [2.45, 2.75) is 6.92 Å². The maximum absolute atomic E-state index is 12.0. The van der Waals surface area contributed by atoms with E-state index in [-0.39, 0.29) is 5.56 Å². The van der Waals surface area contributed by atoms with Crippen LogP contribution in [0.1, 0.15) is 11.1 Å². The highest BCUT2D eigenvalue weighted by Crippen LogP contribution is 2.03. The fourth-order valence-corrected chi connectivity index (χ4v) is 2.65. The minimum atomic E-state index is -0.0667. The van der Waals surface area contributed by atoms with E-state index in [1.54, 1.807) is 7.05 Å². The molecule has 90 valence electrons. The lowest BCUT2D eigenvalue weighted by atomic mass is 10.1. The molecule has 1 heterocycles. The van der Waals surface area contributed by atoms with Crippen LogP contribution in [0.15, 0.2) is 29.1 Å². The zero-order valence-corrected chi connectivity index (χ0v) is 11.0. The number of hydrogen-bond acceptors (Lipinski definition) is 3. The smallest absolute Gasteiger partial charge is 0.268 e. The minimum Gasteiger partial charge on any atom is -0.301 e. The molecule has 0 saturated heterocycles. The van der Waals surface area contributed by atoms with Gasteiger partial charge in [0, 0.05) is 13.1 Å². The van der Waals surface area contributed by atoms with Crippen molar-refractivity contribution in [3.8, 4) is 6.07 Å². The van der Waals surface area contributed by atoms with Gasteiger partial charge in [0.05, 0.1) is 10.6 Å². The zero-order chi connectivity index (χ0) is 13.1. The molecule has 1 aromatic heterocycles. The van der Waals surface area contributed by atoms with Gasteiger partial charge in [-0.25, -0.2) is 0 Å². The predicted octanol–water partition coefficient (Wildman–Crippen LogP) is 0.888. The predicted molar refractivity (Wildman–Crippen MR) is 73.6 cm³/mol. The summed E-state index contributed by atoms with van der Waals surface area (Å²) in [6, 6.07) is 9.90. The number of hydrogen-bond donors (Lipinski definition) is 0. The second-order valence-corrected chi connectivity index (χ2v) is 5.06. The molecule has 18 heavy (non-hydrogen) atoms. The molecular weight excluding hydrogens is 244 g/mol. The maximum atomic E-state index is 12.0. The Morgan fingerprint density at radius 1 is 1.44 bits per heavy atom. The van der Waals surface area contributed by atoms with Gasteiger partial charge in [-0.1, -0.05) is 29.8 Å². The molecule has 0 aliphatic rings. The fourth-order valence-electron chi connectivity index (χ4n) is 1.67. The minimum absolute atomic E-state index is 0.0667. The molecule has 0 unspecified atom stereocenters. The van der Waals surface area contributed by atoms with Crippen LogP contribution in [0.4, 0.5) is 0 Å². The quantitative estimate of drug-likeness (QED) is 0.760. The van der Waals surface area contributed by atoms with Crippen molar-refractivity contribution in [2.75, 3.05) is 0 Å². The molecule has 1 aromatic carbocycles. The van der Waals surface area contributed by atoms with Crippen LogP contribution in [0.5, 0.6) is 0 Å². The molecule has 0 atom stereocenters. The van der Waals surface area contributed by atoms with E-state index in [0.29, 0.717) is 9.20 Å². The first kappa shape index (κ1) is 12.3. The van der Waals surface area contributed by atoms with Crippen molar-refractivity contribution in [3.63, 3.8) is 0 Å². The summed E-state index contributed by atoms with van der Waals surface area (Å²) in [5.74, 6) is 0. The van der Waals surface area contributed by atoms with E-state index in [0.717, 1.165) is 11.1 Å². The molecule has 3 nitrogen and oxygen atoms in total. The Morgan fingerprint density at radius 3 is 2.89 bits per heavy atom. The normalized spacial score (nSPS) is 12.7. The average Bonchev–Trinajstić information content (AvgIpc) is 2.59. The number of thiazole rings is 1. The maximum Gasteiger partial charge on any atom is 0.268 e. The van der Waals surface area contributed by atoms with Crippen molar-refractivity contribution in [2.24, 2.45) is 7.05 Å². The summed E-state index contributed by atoms with van der Waals surface area (Å²) in [6.07, 6.45) is 3.24. The Balaban J connectivity index is 2.67. The SMILES string of the molecule is Cc1cccc(/C=c2\s/c(=C\C#N)n(C)c2=O)c1. The van der Waals surface area contributed by atoms with E-state index in [9.17, 15) is 4.79 Å². The first-order valence-electron chi connectivity index (χ1n) is 5.46. The third-order valence-electron chi connectivity index (χ3n) is 2.59. The van der Waals surface area contributed by atoms with Gasteiger partial charge < -0.3 is 4.57 Å². The summed E-state index contributed by atoms with van der Waals surface area (Å²) in [5, 5.41) is 8.65. The Hall–Kier alpha value is -2.12. The van der Waals surface area contributed by atoms with Gasteiger partial charge >= 0.3 is 0 Å². The first-order chi connectivity index (χ1) is 8.61. The van der Waals surface area contributed by atoms with Crippen molar-refractivity contribution in [3.05, 3.63) is 54.9 Å². The second kappa shape index (κ2) is 5.03. The number of aryl methyl sites for hydroxylation is 1. The van der Waals surface area contributed by atoms with Gasteiger partial charge in [-0.15, -0.1) is 11.3 Å². The zero-order valence-electron chi connectivity index (χ0n) is 10.2. The van der Waals surface area contributed by atoms with Gasteiger partial charge in [0.1, 0.15) is 4.66 Å². The van der Waals surface area contributed by atoms with E-state index < -0.39 is 0 Å². The number of nitriles is 1. The molecule has 2 rings (SSSR count). The van der Waals surface area contributed by atoms with Crippen molar-refractivity contribution >= 4 is 23.5 Å². The van der Waals surface area contributed by atoms with Crippen LogP contribution in [0.2, 0.25) is 0 Å². The Bertz CT molecular complexity index is 790. The van der Waals surface area contributed by atoms with E-state index in [2.05, 4.69) is 0 Å². The molecule has 2 aromatic rings. The number of rotatable bonds is 1. The van der Waals surface area contributed by atoms with Gasteiger partial charge in [0.15, 0.2) is 0 Å². The number of nitrogens with zero attached hydrogens (tertiary/aromatic N) is 2. The molecule has 0 aliphatic carbocycles. The summed E-state index contributed by atoms with van der Waals surface area (Å²) in [7, 11) is 1.68. The highest BCUT2D eigenvalue weighted by Gasteiger charge is 1.99. The molecule has 0 spiro atoms. The lowest BCUT2D eigenvalue weighted by molar-refractivity contribution is 0.857. The van der Waals surface area contributed by atoms with Crippen LogP contribution in [0, 0.1) is 18.3 Å². The van der Waals surface area contributed by atoms with Crippen LogP contribution < -0.4 is 14.8 Å². The van der Waals surface area contributed by atoms with Gasteiger partial charge in [0.2, 0.25) is 0 Å². The van der Waals surface area contributed by atoms with Crippen molar-refractivity contribution < 1.29 is 0 Å². The van der Waals surface area contributed by atoms with Gasteiger partial charge in [0.25, 0.3) is 5.56 Å². The van der Waals surface area contributed by atoms with Crippen LogP contribution in [-0.2, 0) is 7.05 Å². The van der Waals surface area contributed by atoms with Gasteiger partial charge in [-0.2, -0.15) is 5.26 Å². The highest BCUT2D eigenvalue weighted by atomic mass is 32.1. The van der Waals surface area contributed by atoms with Crippen LogP contribution in [0.25, 0.3) is 12.2 Å². The lowest BCUT2D eigenvalue weighted by Crippen LogP contribution is -2.28. The molecule has 4 heteroatoms. The summed E-state index contributed by atoms with van der Waals surface area (Å²) >= 11 is 1.33. The Morgan fingerprint density at radius 2 is 2.22 bits per heavy atom. The second-order valence-electron chi connectivity index (χ2n) is 4.00. The Labute approximate surface area is 109 Å². The van der Waals surface area contributed by atoms with Crippen molar-refractivity contribution in [1.29, 1.82) is 5.26 Å². The molecule has 0 fully saturated rings. The molecule has 0 bridgehead atoms. The van der Waals surface area contributed by atoms with E-state index in [4.69, 9.17) is 5.26 Å².